The molecule has 4 aromatic rings. The largest absolute Gasteiger partial charge is 0.496 e. The molecular weight excluding hydrogens is 723 g/mol. The molecule has 2 aliphatic rings. The number of ether oxygens (including phenoxy) is 2. The van der Waals surface area contributed by atoms with Gasteiger partial charge in [0.25, 0.3) is 0 Å². The van der Waals surface area contributed by atoms with Crippen molar-refractivity contribution in [2.24, 2.45) is 5.92 Å². The van der Waals surface area contributed by atoms with Crippen LogP contribution in [0.3, 0.4) is 0 Å². The second kappa shape index (κ2) is 16.6. The van der Waals surface area contributed by atoms with E-state index in [0.717, 1.165) is 23.6 Å². The summed E-state index contributed by atoms with van der Waals surface area (Å²) in [6, 6.07) is 13.6. The first kappa shape index (κ1) is 38.7. The Bertz CT molecular complexity index is 2070. The van der Waals surface area contributed by atoms with E-state index < -0.39 is 23.6 Å². The smallest absolute Gasteiger partial charge is 0.417 e. The van der Waals surface area contributed by atoms with Gasteiger partial charge in [-0.15, -0.1) is 0 Å². The topological polar surface area (TPSA) is 126 Å². The molecule has 0 spiro atoms. The first-order valence-corrected chi connectivity index (χ1v) is 17.9. The monoisotopic (exact) mass is 763 g/mol. The molecule has 0 aliphatic carbocycles. The summed E-state index contributed by atoms with van der Waals surface area (Å²) >= 11 is 7.04. The molecule has 3 heterocycles. The standard InChI is InChI=1S/C40H41ClF3N5O5/c1-23-24(10-11-25-17-35(53-2)27(16-32(25)40(42,43)44)22-49-15-14-26(21-49)39(51)52)6-4-7-29(23)30-8-5-9-31(37(30)41)33-20-46-34(38(48-33)54-3)19-45-18-28-12-13-36(50)47-28/h4-11,16-17,20,26,28,45H,12-15,18-19,21-22H2,1-3H3,(H,47,50)(H,51,52)/b11-10+/t26-,28+/m1/s1. The quantitative estimate of drug-likeness (QED) is 0.121. The Morgan fingerprint density at radius 1 is 1.07 bits per heavy atom. The van der Waals surface area contributed by atoms with E-state index in [2.05, 4.69) is 15.6 Å². The number of amides is 1. The second-order valence-electron chi connectivity index (χ2n) is 13.5. The summed E-state index contributed by atoms with van der Waals surface area (Å²) in [4.78, 5) is 34.0. The SMILES string of the molecule is COc1cc(/C=C/c2cccc(-c3cccc(-c4cnc(CNC[C@@H]5CCC(=O)N5)c(OC)n4)c3Cl)c2C)c(C(F)(F)F)cc1CN1CC[C@@H](C(=O)O)C1. The number of carbonyl (C=O) groups excluding carboxylic acids is 1. The van der Waals surface area contributed by atoms with Crippen LogP contribution in [0, 0.1) is 12.8 Å². The van der Waals surface area contributed by atoms with Gasteiger partial charge in [0.05, 0.1) is 42.6 Å². The number of nitrogens with zero attached hydrogens (tertiary/aromatic N) is 3. The average Bonchev–Trinajstić information content (AvgIpc) is 3.80. The fraction of sp³-hybridized carbons (Fsp3) is 0.350. The molecule has 1 aromatic heterocycles. The van der Waals surface area contributed by atoms with Crippen LogP contribution in [0.25, 0.3) is 34.5 Å². The molecule has 2 fully saturated rings. The lowest BCUT2D eigenvalue weighted by molar-refractivity contribution is -0.141. The molecule has 3 N–H and O–H groups in total. The predicted molar refractivity (Wildman–Crippen MR) is 200 cm³/mol. The van der Waals surface area contributed by atoms with Gasteiger partial charge >= 0.3 is 12.1 Å². The molecule has 10 nitrogen and oxygen atoms in total. The number of carboxylic acid groups (broad SMARTS) is 1. The normalized spacial score (nSPS) is 17.6. The van der Waals surface area contributed by atoms with E-state index >= 15 is 0 Å². The van der Waals surface area contributed by atoms with Gasteiger partial charge in [0.2, 0.25) is 11.8 Å². The van der Waals surface area contributed by atoms with Crippen molar-refractivity contribution in [2.45, 2.75) is 51.5 Å². The van der Waals surface area contributed by atoms with Gasteiger partial charge in [-0.1, -0.05) is 60.2 Å². The molecular formula is C40H41ClF3N5O5. The Labute approximate surface area is 316 Å². The number of rotatable bonds is 13. The van der Waals surface area contributed by atoms with Crippen molar-refractivity contribution in [3.05, 3.63) is 93.3 Å². The number of nitrogens with one attached hydrogen (secondary N) is 2. The van der Waals surface area contributed by atoms with Gasteiger partial charge in [0, 0.05) is 55.3 Å². The highest BCUT2D eigenvalue weighted by molar-refractivity contribution is 6.36. The summed E-state index contributed by atoms with van der Waals surface area (Å²) in [7, 11) is 2.92. The minimum absolute atomic E-state index is 0.0530. The van der Waals surface area contributed by atoms with Gasteiger partial charge in [0.1, 0.15) is 11.4 Å². The van der Waals surface area contributed by atoms with E-state index in [1.807, 2.05) is 48.2 Å². The first-order chi connectivity index (χ1) is 25.9. The van der Waals surface area contributed by atoms with Gasteiger partial charge in [-0.2, -0.15) is 13.2 Å². The number of alkyl halides is 3. The third-order valence-electron chi connectivity index (χ3n) is 9.93. The molecule has 0 unspecified atom stereocenters. The maximum absolute atomic E-state index is 14.4. The number of hydrogen-bond donors (Lipinski definition) is 3. The molecule has 0 bridgehead atoms. The molecule has 2 saturated heterocycles. The van der Waals surface area contributed by atoms with Crippen LogP contribution >= 0.6 is 11.6 Å². The molecule has 284 valence electrons. The second-order valence-corrected chi connectivity index (χ2v) is 13.9. The van der Waals surface area contributed by atoms with Crippen LogP contribution in [0.15, 0.2) is 54.7 Å². The van der Waals surface area contributed by atoms with Crippen LogP contribution in [-0.2, 0) is 28.9 Å². The number of benzene rings is 3. The predicted octanol–water partition coefficient (Wildman–Crippen LogP) is 7.25. The fourth-order valence-corrected chi connectivity index (χ4v) is 7.33. The third-order valence-corrected chi connectivity index (χ3v) is 10.3. The summed E-state index contributed by atoms with van der Waals surface area (Å²) in [6.07, 6.45) is 1.80. The number of hydrogen-bond acceptors (Lipinski definition) is 8. The maximum Gasteiger partial charge on any atom is 0.417 e. The van der Waals surface area contributed by atoms with E-state index in [0.29, 0.717) is 82.8 Å². The number of carbonyl (C=O) groups is 2. The minimum Gasteiger partial charge on any atom is -0.496 e. The van der Waals surface area contributed by atoms with E-state index in [9.17, 15) is 27.9 Å². The number of halogens is 4. The molecule has 2 atom stereocenters. The highest BCUT2D eigenvalue weighted by Crippen LogP contribution is 2.40. The zero-order valence-electron chi connectivity index (χ0n) is 30.1. The Balaban J connectivity index is 1.25. The molecule has 0 saturated carbocycles. The summed E-state index contributed by atoms with van der Waals surface area (Å²) in [5.41, 5.74) is 4.19. The van der Waals surface area contributed by atoms with Crippen molar-refractivity contribution in [1.82, 2.24) is 25.5 Å². The summed E-state index contributed by atoms with van der Waals surface area (Å²) in [6.45, 7) is 3.75. The fourth-order valence-electron chi connectivity index (χ4n) is 7.01. The number of methoxy groups -OCH3 is 2. The van der Waals surface area contributed by atoms with Crippen molar-refractivity contribution < 1.29 is 37.3 Å². The number of carboxylic acids is 1. The van der Waals surface area contributed by atoms with Crippen LogP contribution < -0.4 is 20.1 Å². The van der Waals surface area contributed by atoms with Crippen LogP contribution in [-0.4, -0.2) is 71.7 Å². The van der Waals surface area contributed by atoms with Crippen LogP contribution in [0.2, 0.25) is 5.02 Å². The van der Waals surface area contributed by atoms with Crippen molar-refractivity contribution in [3.63, 3.8) is 0 Å². The van der Waals surface area contributed by atoms with Crippen molar-refractivity contribution in [1.29, 1.82) is 0 Å². The average molecular weight is 764 g/mol. The Morgan fingerprint density at radius 2 is 1.81 bits per heavy atom. The van der Waals surface area contributed by atoms with Gasteiger partial charge < -0.3 is 25.2 Å². The molecule has 2 aliphatic heterocycles. The summed E-state index contributed by atoms with van der Waals surface area (Å²) in [5, 5.41) is 16.0. The molecule has 14 heteroatoms. The third kappa shape index (κ3) is 8.69. The Morgan fingerprint density at radius 3 is 2.50 bits per heavy atom. The van der Waals surface area contributed by atoms with Gasteiger partial charge in [-0.3, -0.25) is 19.5 Å². The summed E-state index contributed by atoms with van der Waals surface area (Å²) in [5.74, 6) is -0.774. The molecule has 54 heavy (non-hydrogen) atoms. The molecule has 0 radical (unpaired) electrons. The van der Waals surface area contributed by atoms with E-state index in [1.54, 1.807) is 12.3 Å². The van der Waals surface area contributed by atoms with Gasteiger partial charge in [-0.05, 0) is 60.7 Å². The molecule has 3 aromatic carbocycles. The van der Waals surface area contributed by atoms with Crippen LogP contribution in [0.5, 0.6) is 11.6 Å². The van der Waals surface area contributed by atoms with E-state index in [-0.39, 0.29) is 30.6 Å². The van der Waals surface area contributed by atoms with Crippen molar-refractivity contribution in [3.8, 4) is 34.0 Å². The lowest BCUT2D eigenvalue weighted by Gasteiger charge is -2.20. The van der Waals surface area contributed by atoms with Crippen molar-refractivity contribution >= 4 is 35.6 Å². The maximum atomic E-state index is 14.4. The number of aliphatic carboxylic acids is 1. The summed E-state index contributed by atoms with van der Waals surface area (Å²) < 4.78 is 54.4. The van der Waals surface area contributed by atoms with E-state index in [4.69, 9.17) is 26.1 Å². The Kier molecular flexibility index (Phi) is 11.9. The lowest BCUT2D eigenvalue weighted by atomic mass is 9.94. The van der Waals surface area contributed by atoms with Crippen LogP contribution in [0.1, 0.15) is 52.8 Å². The van der Waals surface area contributed by atoms with Crippen LogP contribution in [0.4, 0.5) is 13.2 Å². The minimum atomic E-state index is -4.64. The zero-order valence-corrected chi connectivity index (χ0v) is 30.9. The number of likely N-dealkylation sites (tertiary alicyclic amines) is 1. The first-order valence-electron chi connectivity index (χ1n) is 17.6. The highest BCUT2D eigenvalue weighted by atomic mass is 35.5. The molecule has 6 rings (SSSR count). The number of aromatic nitrogens is 2. The highest BCUT2D eigenvalue weighted by Gasteiger charge is 2.35. The van der Waals surface area contributed by atoms with Gasteiger partial charge in [0.15, 0.2) is 0 Å². The lowest BCUT2D eigenvalue weighted by Crippen LogP contribution is -2.35. The Hall–Kier alpha value is -4.98. The molecule has 1 amide bonds. The van der Waals surface area contributed by atoms with Gasteiger partial charge in [-0.25, -0.2) is 4.98 Å². The van der Waals surface area contributed by atoms with E-state index in [1.165, 1.54) is 26.4 Å². The van der Waals surface area contributed by atoms with Crippen molar-refractivity contribution in [2.75, 3.05) is 33.9 Å². The zero-order chi connectivity index (χ0) is 38.6.